The van der Waals surface area contributed by atoms with E-state index in [0.29, 0.717) is 11.3 Å². The van der Waals surface area contributed by atoms with Crippen LogP contribution in [-0.4, -0.2) is 23.9 Å². The molecule has 0 atom stereocenters. The van der Waals surface area contributed by atoms with Crippen LogP contribution in [0.15, 0.2) is 24.3 Å². The molecule has 0 N–H and O–H groups in total. The lowest BCUT2D eigenvalue weighted by atomic mass is 9.78. The lowest BCUT2D eigenvalue weighted by Gasteiger charge is -2.39. The lowest BCUT2D eigenvalue weighted by molar-refractivity contribution is 0.0600. The Morgan fingerprint density at radius 3 is 2.32 bits per heavy atom. The van der Waals surface area contributed by atoms with Crippen molar-refractivity contribution in [1.82, 2.24) is 4.90 Å². The minimum Gasteiger partial charge on any atom is -0.339 e. The third-order valence-corrected chi connectivity index (χ3v) is 4.78. The molecule has 0 aromatic heterocycles. The van der Waals surface area contributed by atoms with Gasteiger partial charge >= 0.3 is 0 Å². The Morgan fingerprint density at radius 1 is 1.26 bits per heavy atom. The molecule has 2 rings (SSSR count). The first kappa shape index (κ1) is 14.4. The largest absolute Gasteiger partial charge is 0.339 e. The van der Waals surface area contributed by atoms with Crippen molar-refractivity contribution in [3.05, 3.63) is 35.4 Å². The fourth-order valence-electron chi connectivity index (χ4n) is 2.52. The predicted molar refractivity (Wildman–Crippen MR) is 79.5 cm³/mol. The highest BCUT2D eigenvalue weighted by Gasteiger charge is 2.30. The van der Waals surface area contributed by atoms with Gasteiger partial charge in [-0.3, -0.25) is 4.79 Å². The highest BCUT2D eigenvalue weighted by molar-refractivity contribution is 6.17. The third kappa shape index (κ3) is 3.30. The van der Waals surface area contributed by atoms with Crippen molar-refractivity contribution in [2.24, 2.45) is 5.41 Å². The molecular weight excluding hydrogens is 258 g/mol. The van der Waals surface area contributed by atoms with Gasteiger partial charge < -0.3 is 4.90 Å². The average molecular weight is 280 g/mol. The summed E-state index contributed by atoms with van der Waals surface area (Å²) in [7, 11) is 0. The van der Waals surface area contributed by atoms with Gasteiger partial charge in [0, 0.05) is 24.5 Å². The number of carbonyl (C=O) groups excluding carboxylic acids is 1. The fourth-order valence-corrected chi connectivity index (χ4v) is 2.70. The van der Waals surface area contributed by atoms with Crippen LogP contribution < -0.4 is 0 Å². The van der Waals surface area contributed by atoms with Crippen LogP contribution in [0.2, 0.25) is 0 Å². The topological polar surface area (TPSA) is 20.3 Å². The number of rotatable bonds is 3. The van der Waals surface area contributed by atoms with E-state index in [4.69, 9.17) is 11.6 Å². The van der Waals surface area contributed by atoms with Crippen molar-refractivity contribution in [2.75, 3.05) is 13.1 Å². The number of likely N-dealkylation sites (tertiary alicyclic amines) is 1. The second kappa shape index (κ2) is 5.96. The van der Waals surface area contributed by atoms with Crippen LogP contribution in [0.1, 0.15) is 49.0 Å². The van der Waals surface area contributed by atoms with Crippen LogP contribution in [0.4, 0.5) is 0 Å². The van der Waals surface area contributed by atoms with Crippen molar-refractivity contribution < 1.29 is 4.79 Å². The first-order valence-corrected chi connectivity index (χ1v) is 7.55. The molecule has 0 bridgehead atoms. The lowest BCUT2D eigenvalue weighted by Crippen LogP contribution is -2.41. The SMILES string of the molecule is CCC1(C)CCN(C(=O)c2ccc(CCl)cc2)CC1. The molecule has 1 aromatic carbocycles. The number of benzene rings is 1. The maximum Gasteiger partial charge on any atom is 0.253 e. The zero-order valence-corrected chi connectivity index (χ0v) is 12.5. The van der Waals surface area contributed by atoms with Crippen LogP contribution in [0, 0.1) is 5.41 Å². The van der Waals surface area contributed by atoms with Gasteiger partial charge in [0.25, 0.3) is 5.91 Å². The summed E-state index contributed by atoms with van der Waals surface area (Å²) in [6, 6.07) is 7.63. The standard InChI is InChI=1S/C16H22ClNO/c1-3-16(2)8-10-18(11-9-16)15(19)14-6-4-13(12-17)5-7-14/h4-7H,3,8-12H2,1-2H3. The summed E-state index contributed by atoms with van der Waals surface area (Å²) in [4.78, 5) is 14.4. The molecule has 0 aliphatic carbocycles. The van der Waals surface area contributed by atoms with Crippen molar-refractivity contribution in [3.8, 4) is 0 Å². The third-order valence-electron chi connectivity index (χ3n) is 4.47. The van der Waals surface area contributed by atoms with E-state index < -0.39 is 0 Å². The normalized spacial score (nSPS) is 18.4. The molecule has 0 unspecified atom stereocenters. The Balaban J connectivity index is 2.00. The first-order chi connectivity index (χ1) is 9.08. The smallest absolute Gasteiger partial charge is 0.253 e. The molecule has 0 radical (unpaired) electrons. The fraction of sp³-hybridized carbons (Fsp3) is 0.562. The van der Waals surface area contributed by atoms with Crippen LogP contribution >= 0.6 is 11.6 Å². The second-order valence-electron chi connectivity index (χ2n) is 5.79. The maximum atomic E-state index is 12.4. The molecular formula is C16H22ClNO. The van der Waals surface area contributed by atoms with Gasteiger partial charge in [-0.05, 0) is 36.0 Å². The summed E-state index contributed by atoms with van der Waals surface area (Å²) in [5, 5.41) is 0. The van der Waals surface area contributed by atoms with Gasteiger partial charge in [0.2, 0.25) is 0 Å². The Bertz CT molecular complexity index is 433. The number of piperidine rings is 1. The minimum absolute atomic E-state index is 0.152. The van der Waals surface area contributed by atoms with Crippen LogP contribution in [0.25, 0.3) is 0 Å². The van der Waals surface area contributed by atoms with Gasteiger partial charge in [-0.1, -0.05) is 32.4 Å². The molecule has 1 fully saturated rings. The number of hydrogen-bond donors (Lipinski definition) is 0. The maximum absolute atomic E-state index is 12.4. The van der Waals surface area contributed by atoms with E-state index in [2.05, 4.69) is 13.8 Å². The quantitative estimate of drug-likeness (QED) is 0.764. The van der Waals surface area contributed by atoms with E-state index in [-0.39, 0.29) is 5.91 Å². The number of alkyl halides is 1. The summed E-state index contributed by atoms with van der Waals surface area (Å²) >= 11 is 5.76. The van der Waals surface area contributed by atoms with E-state index in [0.717, 1.165) is 37.1 Å². The molecule has 0 spiro atoms. The van der Waals surface area contributed by atoms with Gasteiger partial charge in [0.1, 0.15) is 0 Å². The number of carbonyl (C=O) groups is 1. The number of nitrogens with zero attached hydrogens (tertiary/aromatic N) is 1. The zero-order valence-electron chi connectivity index (χ0n) is 11.8. The van der Waals surface area contributed by atoms with Crippen molar-refractivity contribution in [1.29, 1.82) is 0 Å². The molecule has 1 aliphatic rings. The molecule has 1 saturated heterocycles. The molecule has 19 heavy (non-hydrogen) atoms. The van der Waals surface area contributed by atoms with Crippen LogP contribution in [0.3, 0.4) is 0 Å². The van der Waals surface area contributed by atoms with Crippen molar-refractivity contribution in [2.45, 2.75) is 39.0 Å². The second-order valence-corrected chi connectivity index (χ2v) is 6.05. The van der Waals surface area contributed by atoms with Crippen molar-refractivity contribution in [3.63, 3.8) is 0 Å². The molecule has 2 nitrogen and oxygen atoms in total. The highest BCUT2D eigenvalue weighted by atomic mass is 35.5. The van der Waals surface area contributed by atoms with Gasteiger partial charge in [-0.2, -0.15) is 0 Å². The van der Waals surface area contributed by atoms with Gasteiger partial charge in [-0.15, -0.1) is 11.6 Å². The van der Waals surface area contributed by atoms with E-state index in [1.165, 1.54) is 6.42 Å². The van der Waals surface area contributed by atoms with Gasteiger partial charge in [-0.25, -0.2) is 0 Å². The summed E-state index contributed by atoms with van der Waals surface area (Å²) in [5.74, 6) is 0.645. The molecule has 0 saturated carbocycles. The predicted octanol–water partition coefficient (Wildman–Crippen LogP) is 4.08. The molecule has 3 heteroatoms. The van der Waals surface area contributed by atoms with Crippen LogP contribution in [-0.2, 0) is 5.88 Å². The average Bonchev–Trinajstić information content (AvgIpc) is 2.47. The molecule has 1 aliphatic heterocycles. The van der Waals surface area contributed by atoms with E-state index in [1.807, 2.05) is 29.2 Å². The Hall–Kier alpha value is -1.02. The number of hydrogen-bond acceptors (Lipinski definition) is 1. The van der Waals surface area contributed by atoms with E-state index >= 15 is 0 Å². The number of amides is 1. The van der Waals surface area contributed by atoms with E-state index in [9.17, 15) is 4.79 Å². The summed E-state index contributed by atoms with van der Waals surface area (Å²) < 4.78 is 0. The highest BCUT2D eigenvalue weighted by Crippen LogP contribution is 2.34. The van der Waals surface area contributed by atoms with E-state index in [1.54, 1.807) is 0 Å². The zero-order chi connectivity index (χ0) is 13.9. The molecule has 104 valence electrons. The number of halogens is 1. The Morgan fingerprint density at radius 2 is 1.84 bits per heavy atom. The first-order valence-electron chi connectivity index (χ1n) is 7.02. The Kier molecular flexibility index (Phi) is 4.51. The van der Waals surface area contributed by atoms with Crippen LogP contribution in [0.5, 0.6) is 0 Å². The minimum atomic E-state index is 0.152. The summed E-state index contributed by atoms with van der Waals surface area (Å²) in [6.45, 7) is 6.31. The summed E-state index contributed by atoms with van der Waals surface area (Å²) in [6.07, 6.45) is 3.41. The Labute approximate surface area is 120 Å². The summed E-state index contributed by atoms with van der Waals surface area (Å²) in [5.41, 5.74) is 2.24. The van der Waals surface area contributed by atoms with Gasteiger partial charge in [0.05, 0.1) is 0 Å². The van der Waals surface area contributed by atoms with Gasteiger partial charge in [0.15, 0.2) is 0 Å². The molecule has 1 heterocycles. The van der Waals surface area contributed by atoms with Crippen molar-refractivity contribution >= 4 is 17.5 Å². The molecule has 1 amide bonds. The molecule has 1 aromatic rings. The monoisotopic (exact) mass is 279 g/mol.